The Bertz CT molecular complexity index is 1010. The lowest BCUT2D eigenvalue weighted by atomic mass is 10.1. The standard InChI is InChI=1S/C23H27N5O3/c1-17-5-7-18(8-6-17)22(29)16-28-15-21(25-26-28)19-3-2-4-20(13-19)24-14-23(30)27-9-11-31-12-10-27/h2-8,13,15,22,24,29H,9-12,14,16H2,1H3. The second-order valence-corrected chi connectivity index (χ2v) is 7.68. The summed E-state index contributed by atoms with van der Waals surface area (Å²) in [7, 11) is 0. The number of carbonyl (C=O) groups excluding carboxylic acids is 1. The predicted molar refractivity (Wildman–Crippen MR) is 117 cm³/mol. The maximum atomic E-state index is 12.3. The normalized spacial score (nSPS) is 15.0. The number of benzene rings is 2. The number of aliphatic hydroxyl groups excluding tert-OH is 1. The number of amides is 1. The minimum absolute atomic E-state index is 0.0599. The largest absolute Gasteiger partial charge is 0.386 e. The zero-order chi connectivity index (χ0) is 21.6. The molecule has 1 aromatic heterocycles. The first kappa shape index (κ1) is 21.0. The third kappa shape index (κ3) is 5.48. The van der Waals surface area contributed by atoms with Crippen LogP contribution in [-0.2, 0) is 16.1 Å². The summed E-state index contributed by atoms with van der Waals surface area (Å²) in [4.78, 5) is 14.1. The number of ether oxygens (including phenoxy) is 1. The number of aromatic nitrogens is 3. The number of aliphatic hydroxyl groups is 1. The van der Waals surface area contributed by atoms with Gasteiger partial charge in [0.1, 0.15) is 5.69 Å². The lowest BCUT2D eigenvalue weighted by Gasteiger charge is -2.27. The van der Waals surface area contributed by atoms with Gasteiger partial charge in [-0.25, -0.2) is 4.68 Å². The highest BCUT2D eigenvalue weighted by atomic mass is 16.5. The average Bonchev–Trinajstić information content (AvgIpc) is 3.27. The molecule has 1 fully saturated rings. The summed E-state index contributed by atoms with van der Waals surface area (Å²) in [6.45, 7) is 5.03. The molecular formula is C23H27N5O3. The number of aryl methyl sites for hydroxylation is 1. The Morgan fingerprint density at radius 2 is 1.97 bits per heavy atom. The van der Waals surface area contributed by atoms with E-state index in [1.807, 2.05) is 66.6 Å². The van der Waals surface area contributed by atoms with Crippen LogP contribution in [0, 0.1) is 6.92 Å². The highest BCUT2D eigenvalue weighted by Crippen LogP contribution is 2.22. The van der Waals surface area contributed by atoms with Crippen molar-refractivity contribution in [2.75, 3.05) is 38.2 Å². The van der Waals surface area contributed by atoms with E-state index in [1.54, 1.807) is 4.68 Å². The Labute approximate surface area is 181 Å². The number of hydrogen-bond acceptors (Lipinski definition) is 6. The van der Waals surface area contributed by atoms with Gasteiger partial charge in [-0.15, -0.1) is 5.10 Å². The van der Waals surface area contributed by atoms with Gasteiger partial charge in [-0.2, -0.15) is 0 Å². The predicted octanol–water partition coefficient (Wildman–Crippen LogP) is 2.26. The quantitative estimate of drug-likeness (QED) is 0.608. The molecule has 1 amide bonds. The van der Waals surface area contributed by atoms with Gasteiger partial charge in [-0.3, -0.25) is 4.79 Å². The highest BCUT2D eigenvalue weighted by molar-refractivity contribution is 5.81. The van der Waals surface area contributed by atoms with E-state index in [2.05, 4.69) is 15.6 Å². The molecule has 0 saturated carbocycles. The third-order valence-electron chi connectivity index (χ3n) is 5.33. The molecule has 1 saturated heterocycles. The molecule has 2 N–H and O–H groups in total. The Morgan fingerprint density at radius 3 is 2.74 bits per heavy atom. The smallest absolute Gasteiger partial charge is 0.242 e. The van der Waals surface area contributed by atoms with Crippen LogP contribution in [0.1, 0.15) is 17.2 Å². The second kappa shape index (κ2) is 9.72. The monoisotopic (exact) mass is 421 g/mol. The van der Waals surface area contributed by atoms with Crippen LogP contribution in [0.15, 0.2) is 54.7 Å². The maximum absolute atomic E-state index is 12.3. The number of rotatable bonds is 7. The first-order valence-corrected chi connectivity index (χ1v) is 10.4. The van der Waals surface area contributed by atoms with E-state index in [4.69, 9.17) is 4.74 Å². The van der Waals surface area contributed by atoms with Crippen LogP contribution in [-0.4, -0.2) is 63.8 Å². The molecule has 8 nitrogen and oxygen atoms in total. The lowest BCUT2D eigenvalue weighted by Crippen LogP contribution is -2.43. The fourth-order valence-corrected chi connectivity index (χ4v) is 3.48. The van der Waals surface area contributed by atoms with Gasteiger partial charge in [0.2, 0.25) is 5.91 Å². The first-order valence-electron chi connectivity index (χ1n) is 10.4. The fourth-order valence-electron chi connectivity index (χ4n) is 3.48. The molecule has 162 valence electrons. The van der Waals surface area contributed by atoms with Gasteiger partial charge in [0.25, 0.3) is 0 Å². The molecule has 0 aliphatic carbocycles. The summed E-state index contributed by atoms with van der Waals surface area (Å²) in [5.41, 5.74) is 4.44. The molecule has 4 rings (SSSR count). The number of nitrogens with one attached hydrogen (secondary N) is 1. The van der Waals surface area contributed by atoms with Crippen molar-refractivity contribution in [2.45, 2.75) is 19.6 Å². The van der Waals surface area contributed by atoms with Gasteiger partial charge in [-0.05, 0) is 24.6 Å². The van der Waals surface area contributed by atoms with Gasteiger partial charge in [-0.1, -0.05) is 47.2 Å². The Morgan fingerprint density at radius 1 is 1.19 bits per heavy atom. The Balaban J connectivity index is 1.37. The molecule has 2 aromatic carbocycles. The van der Waals surface area contributed by atoms with Gasteiger partial charge in [0.15, 0.2) is 0 Å². The van der Waals surface area contributed by atoms with Crippen LogP contribution in [0.5, 0.6) is 0 Å². The molecule has 1 aliphatic rings. The highest BCUT2D eigenvalue weighted by Gasteiger charge is 2.16. The summed E-state index contributed by atoms with van der Waals surface area (Å²) in [6, 6.07) is 15.5. The van der Waals surface area contributed by atoms with Crippen LogP contribution >= 0.6 is 0 Å². The third-order valence-corrected chi connectivity index (χ3v) is 5.33. The fraction of sp³-hybridized carbons (Fsp3) is 0.348. The molecule has 1 atom stereocenters. The van der Waals surface area contributed by atoms with E-state index >= 15 is 0 Å². The van der Waals surface area contributed by atoms with E-state index in [9.17, 15) is 9.90 Å². The molecule has 8 heteroatoms. The molecule has 0 spiro atoms. The topological polar surface area (TPSA) is 92.5 Å². The molecule has 0 bridgehead atoms. The van der Waals surface area contributed by atoms with Crippen molar-refractivity contribution >= 4 is 11.6 Å². The minimum Gasteiger partial charge on any atom is -0.386 e. The summed E-state index contributed by atoms with van der Waals surface area (Å²) >= 11 is 0. The number of carbonyl (C=O) groups is 1. The number of nitrogens with zero attached hydrogens (tertiary/aromatic N) is 4. The van der Waals surface area contributed by atoms with Gasteiger partial charge in [0.05, 0.1) is 38.6 Å². The summed E-state index contributed by atoms with van der Waals surface area (Å²) in [5.74, 6) is 0.0599. The Kier molecular flexibility index (Phi) is 6.59. The van der Waals surface area contributed by atoms with Gasteiger partial charge < -0.3 is 20.1 Å². The zero-order valence-electron chi connectivity index (χ0n) is 17.6. The summed E-state index contributed by atoms with van der Waals surface area (Å²) in [6.07, 6.45) is 1.16. The number of hydrogen-bond donors (Lipinski definition) is 2. The summed E-state index contributed by atoms with van der Waals surface area (Å²) < 4.78 is 6.93. The van der Waals surface area contributed by atoms with Crippen LogP contribution in [0.2, 0.25) is 0 Å². The van der Waals surface area contributed by atoms with Crippen LogP contribution in [0.25, 0.3) is 11.3 Å². The summed E-state index contributed by atoms with van der Waals surface area (Å²) in [5, 5.41) is 22.1. The van der Waals surface area contributed by atoms with Gasteiger partial charge in [0, 0.05) is 24.3 Å². The van der Waals surface area contributed by atoms with Crippen molar-refractivity contribution in [3.05, 3.63) is 65.9 Å². The van der Waals surface area contributed by atoms with Crippen LogP contribution in [0.3, 0.4) is 0 Å². The molecule has 0 radical (unpaired) electrons. The second-order valence-electron chi connectivity index (χ2n) is 7.68. The van der Waals surface area contributed by atoms with Gasteiger partial charge >= 0.3 is 0 Å². The van der Waals surface area contributed by atoms with E-state index in [0.29, 0.717) is 38.5 Å². The molecule has 2 heterocycles. The van der Waals surface area contributed by atoms with E-state index < -0.39 is 6.10 Å². The van der Waals surface area contributed by atoms with Crippen molar-refractivity contribution in [1.82, 2.24) is 19.9 Å². The van der Waals surface area contributed by atoms with E-state index in [1.165, 1.54) is 0 Å². The number of morpholine rings is 1. The van der Waals surface area contributed by atoms with E-state index in [0.717, 1.165) is 22.4 Å². The maximum Gasteiger partial charge on any atom is 0.242 e. The molecule has 31 heavy (non-hydrogen) atoms. The van der Waals surface area contributed by atoms with Crippen molar-refractivity contribution in [3.8, 4) is 11.3 Å². The molecule has 3 aromatic rings. The average molecular weight is 422 g/mol. The first-order chi connectivity index (χ1) is 15.1. The molecule has 1 aliphatic heterocycles. The van der Waals surface area contributed by atoms with Crippen LogP contribution < -0.4 is 5.32 Å². The van der Waals surface area contributed by atoms with E-state index in [-0.39, 0.29) is 12.5 Å². The number of anilines is 1. The SMILES string of the molecule is Cc1ccc(C(O)Cn2cc(-c3cccc(NCC(=O)N4CCOCC4)c3)nn2)cc1. The van der Waals surface area contributed by atoms with Crippen molar-refractivity contribution in [2.24, 2.45) is 0 Å². The molecular weight excluding hydrogens is 394 g/mol. The van der Waals surface area contributed by atoms with Crippen LogP contribution in [0.4, 0.5) is 5.69 Å². The van der Waals surface area contributed by atoms with Crippen molar-refractivity contribution in [1.29, 1.82) is 0 Å². The lowest BCUT2D eigenvalue weighted by molar-refractivity contribution is -0.133. The Hall–Kier alpha value is -3.23. The van der Waals surface area contributed by atoms with Crippen molar-refractivity contribution < 1.29 is 14.6 Å². The zero-order valence-corrected chi connectivity index (χ0v) is 17.6. The minimum atomic E-state index is -0.658. The molecule has 1 unspecified atom stereocenters. The van der Waals surface area contributed by atoms with Crippen molar-refractivity contribution in [3.63, 3.8) is 0 Å².